The number of carbonyl (C=O) groups is 1. The van der Waals surface area contributed by atoms with E-state index < -0.39 is 0 Å². The van der Waals surface area contributed by atoms with Gasteiger partial charge < -0.3 is 16.0 Å². The minimum atomic E-state index is 0.0492. The summed E-state index contributed by atoms with van der Waals surface area (Å²) in [4.78, 5) is 14.4. The molecule has 1 saturated heterocycles. The van der Waals surface area contributed by atoms with Gasteiger partial charge in [-0.3, -0.25) is 4.79 Å². The number of nitrogens with one attached hydrogen (secondary N) is 1. The number of rotatable bonds is 7. The van der Waals surface area contributed by atoms with Crippen LogP contribution in [-0.2, 0) is 4.79 Å². The number of nitrogens with zero attached hydrogens (tertiary/aromatic N) is 1. The fourth-order valence-corrected chi connectivity index (χ4v) is 2.41. The second-order valence-electron chi connectivity index (χ2n) is 5.46. The van der Waals surface area contributed by atoms with Crippen LogP contribution in [0.25, 0.3) is 0 Å². The lowest BCUT2D eigenvalue weighted by atomic mass is 10.0. The summed E-state index contributed by atoms with van der Waals surface area (Å²) >= 11 is 0. The third-order valence-corrected chi connectivity index (χ3v) is 3.81. The van der Waals surface area contributed by atoms with Crippen molar-refractivity contribution in [1.29, 1.82) is 0 Å². The van der Waals surface area contributed by atoms with Gasteiger partial charge in [0.1, 0.15) is 0 Å². The lowest BCUT2D eigenvalue weighted by Crippen LogP contribution is -2.46. The third-order valence-electron chi connectivity index (χ3n) is 3.81. The first-order valence-corrected chi connectivity index (χ1v) is 7.40. The minimum Gasteiger partial charge on any atom is -0.353 e. The Kier molecular flexibility index (Phi) is 7.28. The molecule has 1 aliphatic heterocycles. The van der Waals surface area contributed by atoms with Crippen LogP contribution in [0, 0.1) is 5.92 Å². The first kappa shape index (κ1) is 15.4. The average Bonchev–Trinajstić information content (AvgIpc) is 2.38. The van der Waals surface area contributed by atoms with Gasteiger partial charge in [0.15, 0.2) is 0 Å². The molecule has 1 heterocycles. The maximum atomic E-state index is 11.9. The number of likely N-dealkylation sites (tertiary alicyclic amines) is 1. The molecule has 1 amide bonds. The number of carbonyl (C=O) groups excluding carboxylic acids is 1. The SMILES string of the molecule is CCCCN1CCC(NC(=O)C(C)CCN)CC1. The van der Waals surface area contributed by atoms with E-state index in [9.17, 15) is 4.79 Å². The van der Waals surface area contributed by atoms with E-state index in [1.54, 1.807) is 0 Å². The van der Waals surface area contributed by atoms with Gasteiger partial charge in [0.05, 0.1) is 0 Å². The lowest BCUT2D eigenvalue weighted by molar-refractivity contribution is -0.125. The maximum Gasteiger partial charge on any atom is 0.223 e. The molecule has 3 N–H and O–H groups in total. The van der Waals surface area contributed by atoms with Crippen LogP contribution in [0.15, 0.2) is 0 Å². The predicted octanol–water partition coefficient (Wildman–Crippen LogP) is 1.35. The van der Waals surface area contributed by atoms with Crippen molar-refractivity contribution in [3.05, 3.63) is 0 Å². The Morgan fingerprint density at radius 1 is 1.44 bits per heavy atom. The van der Waals surface area contributed by atoms with Crippen molar-refractivity contribution in [3.63, 3.8) is 0 Å². The van der Waals surface area contributed by atoms with Crippen molar-refractivity contribution < 1.29 is 4.79 Å². The van der Waals surface area contributed by atoms with Crippen LogP contribution >= 0.6 is 0 Å². The molecule has 0 saturated carbocycles. The highest BCUT2D eigenvalue weighted by atomic mass is 16.1. The van der Waals surface area contributed by atoms with Crippen LogP contribution in [0.3, 0.4) is 0 Å². The average molecular weight is 255 g/mol. The summed E-state index contributed by atoms with van der Waals surface area (Å²) in [7, 11) is 0. The summed E-state index contributed by atoms with van der Waals surface area (Å²) in [6, 6.07) is 0.371. The summed E-state index contributed by atoms with van der Waals surface area (Å²) in [6.45, 7) is 8.22. The van der Waals surface area contributed by atoms with Crippen molar-refractivity contribution in [2.75, 3.05) is 26.2 Å². The van der Waals surface area contributed by atoms with Gasteiger partial charge in [0, 0.05) is 25.0 Å². The van der Waals surface area contributed by atoms with E-state index in [1.165, 1.54) is 19.4 Å². The van der Waals surface area contributed by atoms with E-state index in [-0.39, 0.29) is 11.8 Å². The zero-order valence-electron chi connectivity index (χ0n) is 12.0. The molecule has 0 aromatic heterocycles. The van der Waals surface area contributed by atoms with Crippen LogP contribution in [0.1, 0.15) is 46.0 Å². The molecule has 0 aliphatic carbocycles. The molecule has 1 unspecified atom stereocenters. The fourth-order valence-electron chi connectivity index (χ4n) is 2.41. The molecule has 1 rings (SSSR count). The van der Waals surface area contributed by atoms with E-state index in [0.29, 0.717) is 12.6 Å². The van der Waals surface area contributed by atoms with Gasteiger partial charge in [-0.1, -0.05) is 20.3 Å². The first-order chi connectivity index (χ1) is 8.67. The van der Waals surface area contributed by atoms with E-state index in [1.807, 2.05) is 6.92 Å². The van der Waals surface area contributed by atoms with Crippen molar-refractivity contribution in [2.45, 2.75) is 52.0 Å². The minimum absolute atomic E-state index is 0.0492. The quantitative estimate of drug-likeness (QED) is 0.722. The van der Waals surface area contributed by atoms with Crippen LogP contribution in [0.2, 0.25) is 0 Å². The molecule has 0 spiro atoms. The normalized spacial score (nSPS) is 19.7. The molecule has 1 aliphatic rings. The van der Waals surface area contributed by atoms with E-state index in [2.05, 4.69) is 17.1 Å². The second kappa shape index (κ2) is 8.48. The molecule has 4 heteroatoms. The standard InChI is InChI=1S/C14H29N3O/c1-3-4-9-17-10-6-13(7-11-17)16-14(18)12(2)5-8-15/h12-13H,3-11,15H2,1-2H3,(H,16,18). The monoisotopic (exact) mass is 255 g/mol. The summed E-state index contributed by atoms with van der Waals surface area (Å²) in [5, 5.41) is 3.16. The molecule has 0 bridgehead atoms. The van der Waals surface area contributed by atoms with Crippen LogP contribution in [0.4, 0.5) is 0 Å². The van der Waals surface area contributed by atoms with Crippen molar-refractivity contribution in [1.82, 2.24) is 10.2 Å². The molecule has 1 atom stereocenters. The van der Waals surface area contributed by atoms with Gasteiger partial charge in [-0.2, -0.15) is 0 Å². The van der Waals surface area contributed by atoms with Gasteiger partial charge in [-0.25, -0.2) is 0 Å². The number of unbranched alkanes of at least 4 members (excludes halogenated alkanes) is 1. The summed E-state index contributed by atoms with van der Waals surface area (Å²) in [5.41, 5.74) is 5.48. The number of hydrogen-bond acceptors (Lipinski definition) is 3. The van der Waals surface area contributed by atoms with E-state index >= 15 is 0 Å². The zero-order valence-corrected chi connectivity index (χ0v) is 12.0. The highest BCUT2D eigenvalue weighted by Crippen LogP contribution is 2.12. The maximum absolute atomic E-state index is 11.9. The third kappa shape index (κ3) is 5.36. The molecule has 1 fully saturated rings. The number of amides is 1. The largest absolute Gasteiger partial charge is 0.353 e. The highest BCUT2D eigenvalue weighted by molar-refractivity contribution is 5.78. The van der Waals surface area contributed by atoms with Gasteiger partial charge in [0.25, 0.3) is 0 Å². The first-order valence-electron chi connectivity index (χ1n) is 7.40. The van der Waals surface area contributed by atoms with E-state index in [0.717, 1.165) is 32.4 Å². The molecule has 18 heavy (non-hydrogen) atoms. The van der Waals surface area contributed by atoms with Gasteiger partial charge in [-0.05, 0) is 38.8 Å². The van der Waals surface area contributed by atoms with E-state index in [4.69, 9.17) is 5.73 Å². The summed E-state index contributed by atoms with van der Waals surface area (Å²) in [5.74, 6) is 0.223. The fraction of sp³-hybridized carbons (Fsp3) is 0.929. The lowest BCUT2D eigenvalue weighted by Gasteiger charge is -2.32. The number of hydrogen-bond donors (Lipinski definition) is 2. The number of piperidine rings is 1. The van der Waals surface area contributed by atoms with Crippen molar-refractivity contribution in [3.8, 4) is 0 Å². The number of nitrogens with two attached hydrogens (primary N) is 1. The Bertz CT molecular complexity index is 237. The summed E-state index contributed by atoms with van der Waals surface area (Å²) in [6.07, 6.45) is 5.49. The highest BCUT2D eigenvalue weighted by Gasteiger charge is 2.21. The molecule has 0 aromatic rings. The molecule has 4 nitrogen and oxygen atoms in total. The smallest absolute Gasteiger partial charge is 0.223 e. The molecule has 0 radical (unpaired) electrons. The second-order valence-corrected chi connectivity index (χ2v) is 5.46. The predicted molar refractivity (Wildman–Crippen MR) is 75.3 cm³/mol. The Morgan fingerprint density at radius 2 is 2.11 bits per heavy atom. The van der Waals surface area contributed by atoms with Crippen LogP contribution in [0.5, 0.6) is 0 Å². The van der Waals surface area contributed by atoms with Gasteiger partial charge >= 0.3 is 0 Å². The molecular weight excluding hydrogens is 226 g/mol. The van der Waals surface area contributed by atoms with Crippen LogP contribution in [-0.4, -0.2) is 43.0 Å². The molecule has 0 aromatic carbocycles. The van der Waals surface area contributed by atoms with Crippen molar-refractivity contribution in [2.24, 2.45) is 11.7 Å². The zero-order chi connectivity index (χ0) is 13.4. The Hall–Kier alpha value is -0.610. The van der Waals surface area contributed by atoms with Crippen LogP contribution < -0.4 is 11.1 Å². The topological polar surface area (TPSA) is 58.4 Å². The molecular formula is C14H29N3O. The Morgan fingerprint density at radius 3 is 2.67 bits per heavy atom. The van der Waals surface area contributed by atoms with Gasteiger partial charge in [0.2, 0.25) is 5.91 Å². The van der Waals surface area contributed by atoms with Gasteiger partial charge in [-0.15, -0.1) is 0 Å². The molecule has 106 valence electrons. The van der Waals surface area contributed by atoms with Crippen molar-refractivity contribution >= 4 is 5.91 Å². The Labute approximate surface area is 111 Å². The Balaban J connectivity index is 2.20. The summed E-state index contributed by atoms with van der Waals surface area (Å²) < 4.78 is 0.